The molecule has 1 aromatic carbocycles. The zero-order valence-corrected chi connectivity index (χ0v) is 11.2. The van der Waals surface area contributed by atoms with Gasteiger partial charge in [-0.25, -0.2) is 0 Å². The molecule has 1 aliphatic rings. The lowest BCUT2D eigenvalue weighted by Crippen LogP contribution is -2.32. The highest BCUT2D eigenvalue weighted by molar-refractivity contribution is 5.82. The molecule has 0 radical (unpaired) electrons. The summed E-state index contributed by atoms with van der Waals surface area (Å²) in [6.45, 7) is 3.18. The van der Waals surface area contributed by atoms with Gasteiger partial charge in [-0.2, -0.15) is 5.10 Å². The molecule has 96 valence electrons. The lowest BCUT2D eigenvalue weighted by atomic mass is 9.78. The second-order valence-corrected chi connectivity index (χ2v) is 5.25. The number of para-hydroxylation sites is 1. The second-order valence-electron chi connectivity index (χ2n) is 5.25. The Bertz CT molecular complexity index is 540. The lowest BCUT2D eigenvalue weighted by Gasteiger charge is -2.33. The molecule has 18 heavy (non-hydrogen) atoms. The van der Waals surface area contributed by atoms with E-state index in [-0.39, 0.29) is 0 Å². The Morgan fingerprint density at radius 2 is 2.17 bits per heavy atom. The molecule has 1 aromatic heterocycles. The van der Waals surface area contributed by atoms with E-state index >= 15 is 0 Å². The molecule has 0 aliphatic heterocycles. The molecule has 1 fully saturated rings. The van der Waals surface area contributed by atoms with E-state index in [4.69, 9.17) is 5.10 Å². The SMILES string of the molecule is CCNC(c1nn(C)c2ccccc12)C1CCC1. The van der Waals surface area contributed by atoms with E-state index < -0.39 is 0 Å². The molecule has 3 heteroatoms. The fourth-order valence-corrected chi connectivity index (χ4v) is 2.95. The van der Waals surface area contributed by atoms with Crippen molar-refractivity contribution in [2.24, 2.45) is 13.0 Å². The van der Waals surface area contributed by atoms with E-state index in [0.29, 0.717) is 6.04 Å². The Labute approximate surface area is 108 Å². The second kappa shape index (κ2) is 4.73. The highest BCUT2D eigenvalue weighted by Crippen LogP contribution is 2.39. The number of aromatic nitrogens is 2. The average molecular weight is 243 g/mol. The van der Waals surface area contributed by atoms with Gasteiger partial charge in [-0.3, -0.25) is 4.68 Å². The normalized spacial score (nSPS) is 17.9. The Balaban J connectivity index is 2.05. The van der Waals surface area contributed by atoms with Gasteiger partial charge in [-0.1, -0.05) is 31.5 Å². The molecular formula is C15H21N3. The molecule has 1 unspecified atom stereocenters. The molecule has 1 aliphatic carbocycles. The fraction of sp³-hybridized carbons (Fsp3) is 0.533. The number of aryl methyl sites for hydroxylation is 1. The first-order chi connectivity index (χ1) is 8.81. The van der Waals surface area contributed by atoms with Crippen LogP contribution in [0.3, 0.4) is 0 Å². The van der Waals surface area contributed by atoms with Crippen LogP contribution in [0.4, 0.5) is 0 Å². The number of hydrogen-bond donors (Lipinski definition) is 1. The van der Waals surface area contributed by atoms with E-state index in [1.165, 1.54) is 35.9 Å². The van der Waals surface area contributed by atoms with Crippen LogP contribution in [0.15, 0.2) is 24.3 Å². The highest BCUT2D eigenvalue weighted by atomic mass is 15.3. The van der Waals surface area contributed by atoms with Crippen molar-refractivity contribution >= 4 is 10.9 Å². The maximum Gasteiger partial charge on any atom is 0.0875 e. The maximum absolute atomic E-state index is 4.77. The summed E-state index contributed by atoms with van der Waals surface area (Å²) in [6.07, 6.45) is 4.04. The van der Waals surface area contributed by atoms with Gasteiger partial charge < -0.3 is 5.32 Å². The summed E-state index contributed by atoms with van der Waals surface area (Å²) in [4.78, 5) is 0. The van der Waals surface area contributed by atoms with Crippen LogP contribution in [-0.4, -0.2) is 16.3 Å². The van der Waals surface area contributed by atoms with Crippen LogP contribution in [-0.2, 0) is 7.05 Å². The summed E-state index contributed by atoms with van der Waals surface area (Å²) < 4.78 is 2.01. The Hall–Kier alpha value is -1.35. The molecule has 0 amide bonds. The minimum atomic E-state index is 0.426. The zero-order chi connectivity index (χ0) is 12.5. The van der Waals surface area contributed by atoms with Gasteiger partial charge >= 0.3 is 0 Å². The molecule has 0 spiro atoms. The van der Waals surface area contributed by atoms with Gasteiger partial charge in [0.2, 0.25) is 0 Å². The Morgan fingerprint density at radius 3 is 2.83 bits per heavy atom. The molecule has 1 atom stereocenters. The molecule has 0 bridgehead atoms. The van der Waals surface area contributed by atoms with E-state index in [1.807, 2.05) is 11.7 Å². The summed E-state index contributed by atoms with van der Waals surface area (Å²) in [5.74, 6) is 0.767. The third kappa shape index (κ3) is 1.83. The van der Waals surface area contributed by atoms with Gasteiger partial charge in [0.25, 0.3) is 0 Å². The smallest absolute Gasteiger partial charge is 0.0875 e. The predicted molar refractivity (Wildman–Crippen MR) is 74.5 cm³/mol. The average Bonchev–Trinajstić information content (AvgIpc) is 2.65. The van der Waals surface area contributed by atoms with Gasteiger partial charge in [0.15, 0.2) is 0 Å². The first kappa shape index (κ1) is 11.7. The van der Waals surface area contributed by atoms with Gasteiger partial charge in [-0.05, 0) is 31.4 Å². The first-order valence-corrected chi connectivity index (χ1v) is 6.96. The van der Waals surface area contributed by atoms with Gasteiger partial charge in [0.05, 0.1) is 17.3 Å². The number of hydrogen-bond acceptors (Lipinski definition) is 2. The molecule has 3 rings (SSSR count). The van der Waals surface area contributed by atoms with Crippen molar-refractivity contribution in [2.75, 3.05) is 6.54 Å². The summed E-state index contributed by atoms with van der Waals surface area (Å²) in [5.41, 5.74) is 2.47. The van der Waals surface area contributed by atoms with Crippen LogP contribution in [0.2, 0.25) is 0 Å². The van der Waals surface area contributed by atoms with Gasteiger partial charge in [-0.15, -0.1) is 0 Å². The number of fused-ring (bicyclic) bond motifs is 1. The van der Waals surface area contributed by atoms with Crippen molar-refractivity contribution in [1.29, 1.82) is 0 Å². The third-order valence-electron chi connectivity index (χ3n) is 4.13. The maximum atomic E-state index is 4.77. The number of nitrogens with zero attached hydrogens (tertiary/aromatic N) is 2. The Kier molecular flexibility index (Phi) is 3.08. The van der Waals surface area contributed by atoms with E-state index in [0.717, 1.165) is 12.5 Å². The molecule has 3 nitrogen and oxygen atoms in total. The minimum Gasteiger partial charge on any atom is -0.309 e. The number of rotatable bonds is 4. The molecular weight excluding hydrogens is 222 g/mol. The van der Waals surface area contributed by atoms with Crippen molar-refractivity contribution in [3.05, 3.63) is 30.0 Å². The molecule has 1 N–H and O–H groups in total. The van der Waals surface area contributed by atoms with Crippen molar-refractivity contribution < 1.29 is 0 Å². The van der Waals surface area contributed by atoms with E-state index in [2.05, 4.69) is 36.5 Å². The van der Waals surface area contributed by atoms with Crippen LogP contribution in [0, 0.1) is 5.92 Å². The van der Waals surface area contributed by atoms with Crippen LogP contribution < -0.4 is 5.32 Å². The third-order valence-corrected chi connectivity index (χ3v) is 4.13. The van der Waals surface area contributed by atoms with E-state index in [9.17, 15) is 0 Å². The van der Waals surface area contributed by atoms with E-state index in [1.54, 1.807) is 0 Å². The first-order valence-electron chi connectivity index (χ1n) is 6.96. The minimum absolute atomic E-state index is 0.426. The number of nitrogens with one attached hydrogen (secondary N) is 1. The van der Waals surface area contributed by atoms with Crippen molar-refractivity contribution in [3.63, 3.8) is 0 Å². The summed E-state index contributed by atoms with van der Waals surface area (Å²) >= 11 is 0. The monoisotopic (exact) mass is 243 g/mol. The van der Waals surface area contributed by atoms with Crippen molar-refractivity contribution in [2.45, 2.75) is 32.2 Å². The molecule has 2 aromatic rings. The summed E-state index contributed by atoms with van der Waals surface area (Å²) in [5, 5.41) is 9.70. The number of benzene rings is 1. The molecule has 1 heterocycles. The highest BCUT2D eigenvalue weighted by Gasteiger charge is 2.30. The van der Waals surface area contributed by atoms with Crippen LogP contribution in [0.25, 0.3) is 10.9 Å². The van der Waals surface area contributed by atoms with Crippen LogP contribution >= 0.6 is 0 Å². The molecule has 1 saturated carbocycles. The Morgan fingerprint density at radius 1 is 1.39 bits per heavy atom. The van der Waals surface area contributed by atoms with Gasteiger partial charge in [0, 0.05) is 12.4 Å². The lowest BCUT2D eigenvalue weighted by molar-refractivity contribution is 0.230. The van der Waals surface area contributed by atoms with Crippen molar-refractivity contribution in [1.82, 2.24) is 15.1 Å². The summed E-state index contributed by atoms with van der Waals surface area (Å²) in [6, 6.07) is 8.96. The summed E-state index contributed by atoms with van der Waals surface area (Å²) in [7, 11) is 2.04. The van der Waals surface area contributed by atoms with Gasteiger partial charge in [0.1, 0.15) is 0 Å². The standard InChI is InChI=1S/C15H21N3/c1-3-16-14(11-7-6-8-11)15-12-9-4-5-10-13(12)18(2)17-15/h4-5,9-11,14,16H,3,6-8H2,1-2H3. The topological polar surface area (TPSA) is 29.9 Å². The largest absolute Gasteiger partial charge is 0.309 e. The van der Waals surface area contributed by atoms with Crippen LogP contribution in [0.1, 0.15) is 37.9 Å². The fourth-order valence-electron chi connectivity index (χ4n) is 2.95. The molecule has 0 saturated heterocycles. The predicted octanol–water partition coefficient (Wildman–Crippen LogP) is 3.02. The quantitative estimate of drug-likeness (QED) is 0.894. The zero-order valence-electron chi connectivity index (χ0n) is 11.2. The van der Waals surface area contributed by atoms with Crippen molar-refractivity contribution in [3.8, 4) is 0 Å². The van der Waals surface area contributed by atoms with Crippen LogP contribution in [0.5, 0.6) is 0 Å².